The second-order valence-corrected chi connectivity index (χ2v) is 7.60. The Labute approximate surface area is 167 Å². The summed E-state index contributed by atoms with van der Waals surface area (Å²) in [6.45, 7) is 0.668. The number of ether oxygens (including phenoxy) is 2. The van der Waals surface area contributed by atoms with Gasteiger partial charge in [0.2, 0.25) is 11.8 Å². The van der Waals surface area contributed by atoms with Crippen molar-refractivity contribution in [1.82, 2.24) is 10.3 Å². The first kappa shape index (κ1) is 19.3. The average molecular weight is 399 g/mol. The molecule has 8 heteroatoms. The summed E-state index contributed by atoms with van der Waals surface area (Å²) in [5.41, 5.74) is 5.61. The molecule has 2 heterocycles. The van der Waals surface area contributed by atoms with Crippen LogP contribution in [0.5, 0.6) is 11.6 Å². The zero-order chi connectivity index (χ0) is 20.4. The summed E-state index contributed by atoms with van der Waals surface area (Å²) in [4.78, 5) is 28.7. The maximum atomic E-state index is 13.2. The van der Waals surface area contributed by atoms with Gasteiger partial charge in [-0.3, -0.25) is 9.59 Å². The summed E-state index contributed by atoms with van der Waals surface area (Å²) < 4.78 is 24.4. The Bertz CT molecular complexity index is 922. The predicted octanol–water partition coefficient (Wildman–Crippen LogP) is 2.65. The summed E-state index contributed by atoms with van der Waals surface area (Å²) in [7, 11) is 0. The molecule has 1 unspecified atom stereocenters. The van der Waals surface area contributed by atoms with Crippen LogP contribution in [0.1, 0.15) is 47.7 Å². The number of nitrogens with one attached hydrogen (secondary N) is 1. The Morgan fingerprint density at radius 2 is 2.00 bits per heavy atom. The highest BCUT2D eigenvalue weighted by Gasteiger charge is 2.38. The maximum Gasteiger partial charge on any atom is 0.270 e. The van der Waals surface area contributed by atoms with Crippen molar-refractivity contribution in [2.45, 2.75) is 37.1 Å². The van der Waals surface area contributed by atoms with Crippen LogP contribution in [0, 0.1) is 5.82 Å². The summed E-state index contributed by atoms with van der Waals surface area (Å²) in [6, 6.07) is 9.11. The zero-order valence-electron chi connectivity index (χ0n) is 15.8. The van der Waals surface area contributed by atoms with Crippen LogP contribution in [-0.2, 0) is 9.53 Å². The van der Waals surface area contributed by atoms with Crippen LogP contribution in [-0.4, -0.2) is 35.6 Å². The van der Waals surface area contributed by atoms with E-state index in [0.29, 0.717) is 30.6 Å². The van der Waals surface area contributed by atoms with E-state index in [0.717, 1.165) is 18.4 Å². The molecule has 3 N–H and O–H groups in total. The third-order valence-corrected chi connectivity index (χ3v) is 5.16. The molecule has 1 atom stereocenters. The average Bonchev–Trinajstić information content (AvgIpc) is 3.43. The van der Waals surface area contributed by atoms with Gasteiger partial charge in [-0.25, -0.2) is 9.37 Å². The molecule has 152 valence electrons. The highest BCUT2D eigenvalue weighted by molar-refractivity contribution is 5.93. The fourth-order valence-electron chi connectivity index (χ4n) is 3.51. The third kappa shape index (κ3) is 4.54. The Morgan fingerprint density at radius 1 is 1.24 bits per heavy atom. The van der Waals surface area contributed by atoms with E-state index >= 15 is 0 Å². The van der Waals surface area contributed by atoms with Gasteiger partial charge < -0.3 is 20.5 Å². The monoisotopic (exact) mass is 399 g/mol. The number of nitrogens with two attached hydrogens (primary N) is 1. The number of amides is 2. The van der Waals surface area contributed by atoms with Gasteiger partial charge in [0.1, 0.15) is 17.3 Å². The van der Waals surface area contributed by atoms with Crippen molar-refractivity contribution in [2.24, 2.45) is 5.73 Å². The number of hydrogen-bond acceptors (Lipinski definition) is 5. The molecular weight excluding hydrogens is 377 g/mol. The number of carbonyl (C=O) groups is 2. The number of pyridine rings is 1. The van der Waals surface area contributed by atoms with Gasteiger partial charge in [0, 0.05) is 12.2 Å². The molecule has 1 saturated carbocycles. The predicted molar refractivity (Wildman–Crippen MR) is 102 cm³/mol. The summed E-state index contributed by atoms with van der Waals surface area (Å²) in [5, 5.41) is 2.87. The highest BCUT2D eigenvalue weighted by Crippen LogP contribution is 2.44. The minimum Gasteiger partial charge on any atom is -0.439 e. The Morgan fingerprint density at radius 3 is 2.62 bits per heavy atom. The standard InChI is InChI=1S/C21H22FN3O4/c22-14-3-5-15(6-4-14)29-20-16(13-1-2-13)7-8-17(24-20)19(27)25-21(11-18(23)26)9-10-28-12-21/h3-8,13H,1-2,9-12H2,(H2,23,26)(H,25,27). The van der Waals surface area contributed by atoms with E-state index in [-0.39, 0.29) is 24.5 Å². The van der Waals surface area contributed by atoms with Gasteiger partial charge in [0.15, 0.2) is 0 Å². The molecule has 2 fully saturated rings. The molecule has 0 spiro atoms. The number of nitrogens with zero attached hydrogens (tertiary/aromatic N) is 1. The van der Waals surface area contributed by atoms with Gasteiger partial charge in [-0.2, -0.15) is 0 Å². The first-order chi connectivity index (χ1) is 13.9. The number of halogens is 1. The van der Waals surface area contributed by atoms with Crippen LogP contribution in [0.25, 0.3) is 0 Å². The Hall–Kier alpha value is -3.00. The van der Waals surface area contributed by atoms with Crippen molar-refractivity contribution in [3.8, 4) is 11.6 Å². The molecule has 4 rings (SSSR count). The number of benzene rings is 1. The lowest BCUT2D eigenvalue weighted by Gasteiger charge is -2.27. The Balaban J connectivity index is 1.57. The molecule has 1 aliphatic carbocycles. The molecule has 1 saturated heterocycles. The topological polar surface area (TPSA) is 104 Å². The summed E-state index contributed by atoms with van der Waals surface area (Å²) in [6.07, 6.45) is 2.57. The number of rotatable bonds is 7. The molecule has 1 aromatic carbocycles. The van der Waals surface area contributed by atoms with E-state index in [9.17, 15) is 14.0 Å². The van der Waals surface area contributed by atoms with E-state index in [1.165, 1.54) is 24.3 Å². The van der Waals surface area contributed by atoms with Crippen LogP contribution in [0.15, 0.2) is 36.4 Å². The van der Waals surface area contributed by atoms with Crippen molar-refractivity contribution < 1.29 is 23.5 Å². The first-order valence-electron chi connectivity index (χ1n) is 9.57. The quantitative estimate of drug-likeness (QED) is 0.745. The summed E-state index contributed by atoms with van der Waals surface area (Å²) in [5.74, 6) is -0.179. The molecule has 2 aliphatic rings. The van der Waals surface area contributed by atoms with E-state index in [4.69, 9.17) is 15.2 Å². The minimum atomic E-state index is -0.822. The smallest absolute Gasteiger partial charge is 0.270 e. The van der Waals surface area contributed by atoms with E-state index in [2.05, 4.69) is 10.3 Å². The maximum absolute atomic E-state index is 13.2. The second kappa shape index (κ2) is 7.79. The van der Waals surface area contributed by atoms with Crippen molar-refractivity contribution in [3.63, 3.8) is 0 Å². The fraction of sp³-hybridized carbons (Fsp3) is 0.381. The normalized spacial score (nSPS) is 21.0. The van der Waals surface area contributed by atoms with Crippen molar-refractivity contribution in [1.29, 1.82) is 0 Å². The van der Waals surface area contributed by atoms with Crippen LogP contribution < -0.4 is 15.8 Å². The molecule has 7 nitrogen and oxygen atoms in total. The minimum absolute atomic E-state index is 0.00215. The number of primary amides is 1. The van der Waals surface area contributed by atoms with Crippen LogP contribution >= 0.6 is 0 Å². The molecule has 1 aliphatic heterocycles. The molecule has 0 bridgehead atoms. The largest absolute Gasteiger partial charge is 0.439 e. The molecule has 2 amide bonds. The van der Waals surface area contributed by atoms with Crippen molar-refractivity contribution >= 4 is 11.8 Å². The van der Waals surface area contributed by atoms with E-state index < -0.39 is 17.4 Å². The first-order valence-corrected chi connectivity index (χ1v) is 9.57. The molecule has 1 aromatic heterocycles. The van der Waals surface area contributed by atoms with Gasteiger partial charge in [-0.05, 0) is 55.5 Å². The van der Waals surface area contributed by atoms with Gasteiger partial charge >= 0.3 is 0 Å². The van der Waals surface area contributed by atoms with Crippen molar-refractivity contribution in [2.75, 3.05) is 13.2 Å². The van der Waals surface area contributed by atoms with Crippen LogP contribution in [0.2, 0.25) is 0 Å². The third-order valence-electron chi connectivity index (χ3n) is 5.16. The van der Waals surface area contributed by atoms with Gasteiger partial charge in [-0.15, -0.1) is 0 Å². The van der Waals surface area contributed by atoms with Gasteiger partial charge in [-0.1, -0.05) is 6.07 Å². The number of carbonyl (C=O) groups excluding carboxylic acids is 2. The highest BCUT2D eigenvalue weighted by atomic mass is 19.1. The molecule has 2 aromatic rings. The van der Waals surface area contributed by atoms with Crippen molar-refractivity contribution in [3.05, 3.63) is 53.5 Å². The SMILES string of the molecule is NC(=O)CC1(NC(=O)c2ccc(C3CC3)c(Oc3ccc(F)cc3)n2)CCOC1. The molecular formula is C21H22FN3O4. The molecule has 29 heavy (non-hydrogen) atoms. The number of hydrogen-bond donors (Lipinski definition) is 2. The lowest BCUT2D eigenvalue weighted by molar-refractivity contribution is -0.119. The van der Waals surface area contributed by atoms with Gasteiger partial charge in [0.05, 0.1) is 18.6 Å². The number of aromatic nitrogens is 1. The Kier molecular flexibility index (Phi) is 5.19. The zero-order valence-corrected chi connectivity index (χ0v) is 15.8. The van der Waals surface area contributed by atoms with Crippen LogP contribution in [0.3, 0.4) is 0 Å². The lowest BCUT2D eigenvalue weighted by Crippen LogP contribution is -2.51. The van der Waals surface area contributed by atoms with E-state index in [1.54, 1.807) is 6.07 Å². The lowest BCUT2D eigenvalue weighted by atomic mass is 9.93. The van der Waals surface area contributed by atoms with E-state index in [1.807, 2.05) is 6.07 Å². The summed E-state index contributed by atoms with van der Waals surface area (Å²) >= 11 is 0. The van der Waals surface area contributed by atoms with Crippen LogP contribution in [0.4, 0.5) is 4.39 Å². The second-order valence-electron chi connectivity index (χ2n) is 7.60. The fourth-order valence-corrected chi connectivity index (χ4v) is 3.51. The molecule has 0 radical (unpaired) electrons. The van der Waals surface area contributed by atoms with Gasteiger partial charge in [0.25, 0.3) is 5.91 Å².